The average Bonchev–Trinajstić information content (AvgIpc) is 2.37. The number of benzene rings is 1. The molecule has 0 aliphatic carbocycles. The number of rotatable bonds is 8. The van der Waals surface area contributed by atoms with E-state index in [2.05, 4.69) is 54.6 Å². The molecule has 1 aromatic carbocycles. The van der Waals surface area contributed by atoms with Crippen molar-refractivity contribution >= 4 is 21.6 Å². The molecule has 114 valence electrons. The van der Waals surface area contributed by atoms with Gasteiger partial charge in [-0.3, -0.25) is 4.90 Å². The van der Waals surface area contributed by atoms with Crippen LogP contribution in [0, 0.1) is 11.8 Å². The van der Waals surface area contributed by atoms with Gasteiger partial charge in [-0.05, 0) is 65.3 Å². The van der Waals surface area contributed by atoms with Gasteiger partial charge in [0.2, 0.25) is 0 Å². The van der Waals surface area contributed by atoms with Crippen molar-refractivity contribution in [2.45, 2.75) is 47.1 Å². The van der Waals surface area contributed by atoms with E-state index in [1.165, 1.54) is 18.4 Å². The molecule has 0 saturated heterocycles. The van der Waals surface area contributed by atoms with Crippen LogP contribution in [0.3, 0.4) is 0 Å². The molecule has 3 heteroatoms. The minimum atomic E-state index is 0.751. The Morgan fingerprint density at radius 3 is 2.10 bits per heavy atom. The van der Waals surface area contributed by atoms with Crippen LogP contribution in [0.25, 0.3) is 0 Å². The fourth-order valence-corrected chi connectivity index (χ4v) is 2.50. The molecule has 0 spiro atoms. The first-order valence-corrected chi connectivity index (χ1v) is 8.44. The molecule has 1 rings (SSSR count). The van der Waals surface area contributed by atoms with Crippen molar-refractivity contribution < 1.29 is 0 Å². The molecular formula is C17H29BrN2. The molecular weight excluding hydrogens is 312 g/mol. The lowest BCUT2D eigenvalue weighted by Crippen LogP contribution is -2.27. The third kappa shape index (κ3) is 6.27. The van der Waals surface area contributed by atoms with E-state index in [0.717, 1.165) is 41.6 Å². The highest BCUT2D eigenvalue weighted by Crippen LogP contribution is 2.25. The highest BCUT2D eigenvalue weighted by Gasteiger charge is 2.11. The van der Waals surface area contributed by atoms with Crippen molar-refractivity contribution in [2.24, 2.45) is 11.8 Å². The van der Waals surface area contributed by atoms with Crippen LogP contribution < -0.4 is 5.73 Å². The Balaban J connectivity index is 2.69. The van der Waals surface area contributed by atoms with E-state index < -0.39 is 0 Å². The van der Waals surface area contributed by atoms with E-state index in [9.17, 15) is 0 Å². The summed E-state index contributed by atoms with van der Waals surface area (Å²) >= 11 is 3.62. The quantitative estimate of drug-likeness (QED) is 0.680. The van der Waals surface area contributed by atoms with Crippen molar-refractivity contribution in [3.05, 3.63) is 28.2 Å². The summed E-state index contributed by atoms with van der Waals surface area (Å²) < 4.78 is 1.05. The lowest BCUT2D eigenvalue weighted by molar-refractivity contribution is 0.235. The highest BCUT2D eigenvalue weighted by atomic mass is 79.9. The molecule has 0 aliphatic rings. The Morgan fingerprint density at radius 1 is 1.05 bits per heavy atom. The molecule has 0 amide bonds. The van der Waals surface area contributed by atoms with Crippen LogP contribution in [0.5, 0.6) is 0 Å². The van der Waals surface area contributed by atoms with Crippen LogP contribution in [-0.2, 0) is 6.54 Å². The fourth-order valence-electron chi connectivity index (χ4n) is 2.11. The van der Waals surface area contributed by atoms with E-state index in [4.69, 9.17) is 5.73 Å². The number of nitrogens with two attached hydrogens (primary N) is 1. The fraction of sp³-hybridized carbons (Fsp3) is 0.647. The summed E-state index contributed by atoms with van der Waals surface area (Å²) in [4.78, 5) is 2.56. The zero-order valence-corrected chi connectivity index (χ0v) is 14.9. The maximum absolute atomic E-state index is 5.98. The first-order valence-electron chi connectivity index (χ1n) is 7.65. The first-order chi connectivity index (χ1) is 9.40. The van der Waals surface area contributed by atoms with Crippen LogP contribution in [0.2, 0.25) is 0 Å². The molecule has 20 heavy (non-hydrogen) atoms. The first kappa shape index (κ1) is 17.5. The number of hydrogen-bond acceptors (Lipinski definition) is 2. The Morgan fingerprint density at radius 2 is 1.60 bits per heavy atom. The van der Waals surface area contributed by atoms with Crippen molar-refractivity contribution in [3.63, 3.8) is 0 Å². The van der Waals surface area contributed by atoms with Crippen LogP contribution in [0.1, 0.15) is 46.1 Å². The van der Waals surface area contributed by atoms with Crippen LogP contribution in [-0.4, -0.2) is 18.0 Å². The lowest BCUT2D eigenvalue weighted by Gasteiger charge is -2.25. The Labute approximate surface area is 132 Å². The van der Waals surface area contributed by atoms with E-state index in [1.807, 2.05) is 12.1 Å². The Kier molecular flexibility index (Phi) is 7.60. The second kappa shape index (κ2) is 8.68. The molecule has 0 atom stereocenters. The minimum Gasteiger partial charge on any atom is -0.398 e. The van der Waals surface area contributed by atoms with Crippen molar-refractivity contribution in [1.82, 2.24) is 4.90 Å². The van der Waals surface area contributed by atoms with Gasteiger partial charge in [-0.15, -0.1) is 0 Å². The summed E-state index contributed by atoms with van der Waals surface area (Å²) in [6.45, 7) is 12.4. The minimum absolute atomic E-state index is 0.751. The van der Waals surface area contributed by atoms with Gasteiger partial charge in [0.15, 0.2) is 0 Å². The average molecular weight is 341 g/mol. The number of halogens is 1. The summed E-state index contributed by atoms with van der Waals surface area (Å²) in [5.41, 5.74) is 8.09. The van der Waals surface area contributed by atoms with Crippen molar-refractivity contribution in [2.75, 3.05) is 18.8 Å². The number of anilines is 1. The van der Waals surface area contributed by atoms with Gasteiger partial charge in [0.05, 0.1) is 0 Å². The SMILES string of the molecule is CC(C)CCN(CCC(C)C)Cc1cccc(N)c1Br. The monoisotopic (exact) mass is 340 g/mol. The predicted octanol–water partition coefficient (Wildman–Crippen LogP) is 4.93. The molecule has 0 aliphatic heterocycles. The normalized spacial score (nSPS) is 11.8. The Bertz CT molecular complexity index is 390. The smallest absolute Gasteiger partial charge is 0.0461 e. The van der Waals surface area contributed by atoms with Gasteiger partial charge in [0.1, 0.15) is 0 Å². The summed E-state index contributed by atoms with van der Waals surface area (Å²) in [7, 11) is 0. The van der Waals surface area contributed by atoms with E-state index in [0.29, 0.717) is 0 Å². The Hall–Kier alpha value is -0.540. The molecule has 0 saturated carbocycles. The molecule has 0 unspecified atom stereocenters. The van der Waals surface area contributed by atoms with Crippen LogP contribution in [0.4, 0.5) is 5.69 Å². The maximum atomic E-state index is 5.98. The molecule has 2 N–H and O–H groups in total. The van der Waals surface area contributed by atoms with Gasteiger partial charge >= 0.3 is 0 Å². The van der Waals surface area contributed by atoms with E-state index in [1.54, 1.807) is 0 Å². The standard InChI is InChI=1S/C17H29BrN2/c1-13(2)8-10-20(11-9-14(3)4)12-15-6-5-7-16(19)17(15)18/h5-7,13-14H,8-12,19H2,1-4H3. The van der Waals surface area contributed by atoms with Gasteiger partial charge in [0, 0.05) is 16.7 Å². The van der Waals surface area contributed by atoms with Crippen LogP contribution >= 0.6 is 15.9 Å². The summed E-state index contributed by atoms with van der Waals surface area (Å²) in [6, 6.07) is 6.15. The maximum Gasteiger partial charge on any atom is 0.0461 e. The van der Waals surface area contributed by atoms with Crippen LogP contribution in [0.15, 0.2) is 22.7 Å². The van der Waals surface area contributed by atoms with Gasteiger partial charge in [0.25, 0.3) is 0 Å². The number of nitrogens with zero attached hydrogens (tertiary/aromatic N) is 1. The summed E-state index contributed by atoms with van der Waals surface area (Å²) in [5, 5.41) is 0. The summed E-state index contributed by atoms with van der Waals surface area (Å²) in [5.74, 6) is 1.50. The third-order valence-corrected chi connectivity index (χ3v) is 4.51. The second-order valence-electron chi connectivity index (χ2n) is 6.46. The van der Waals surface area contributed by atoms with Gasteiger partial charge in [-0.2, -0.15) is 0 Å². The zero-order valence-electron chi connectivity index (χ0n) is 13.3. The van der Waals surface area contributed by atoms with E-state index >= 15 is 0 Å². The van der Waals surface area contributed by atoms with E-state index in [-0.39, 0.29) is 0 Å². The summed E-state index contributed by atoms with van der Waals surface area (Å²) in [6.07, 6.45) is 2.50. The molecule has 2 nitrogen and oxygen atoms in total. The largest absolute Gasteiger partial charge is 0.398 e. The van der Waals surface area contributed by atoms with Crippen molar-refractivity contribution in [3.8, 4) is 0 Å². The number of hydrogen-bond donors (Lipinski definition) is 1. The third-order valence-electron chi connectivity index (χ3n) is 3.55. The van der Waals surface area contributed by atoms with Gasteiger partial charge in [-0.1, -0.05) is 39.8 Å². The second-order valence-corrected chi connectivity index (χ2v) is 7.25. The van der Waals surface area contributed by atoms with Crippen molar-refractivity contribution in [1.29, 1.82) is 0 Å². The molecule has 0 radical (unpaired) electrons. The predicted molar refractivity (Wildman–Crippen MR) is 92.7 cm³/mol. The molecule has 0 fully saturated rings. The highest BCUT2D eigenvalue weighted by molar-refractivity contribution is 9.10. The topological polar surface area (TPSA) is 29.3 Å². The van der Waals surface area contributed by atoms with Gasteiger partial charge in [-0.25, -0.2) is 0 Å². The zero-order chi connectivity index (χ0) is 15.1. The number of nitrogen functional groups attached to an aromatic ring is 1. The molecule has 0 aromatic heterocycles. The molecule has 0 bridgehead atoms. The molecule has 1 aromatic rings. The van der Waals surface area contributed by atoms with Gasteiger partial charge < -0.3 is 5.73 Å². The molecule has 0 heterocycles. The lowest BCUT2D eigenvalue weighted by atomic mass is 10.1.